The Bertz CT molecular complexity index is 1450. The number of hydrogen-bond acceptors (Lipinski definition) is 8. The Hall–Kier alpha value is -3.94. The van der Waals surface area contributed by atoms with Gasteiger partial charge in [0.25, 0.3) is 11.4 Å². The van der Waals surface area contributed by atoms with Gasteiger partial charge in [-0.1, -0.05) is 76.6 Å². The molecule has 4 fully saturated rings. The predicted octanol–water partition coefficient (Wildman–Crippen LogP) is 7.47. The van der Waals surface area contributed by atoms with E-state index in [0.717, 1.165) is 56.7 Å². The molecule has 2 saturated heterocycles. The molecular weight excluding hydrogens is 606 g/mol. The summed E-state index contributed by atoms with van der Waals surface area (Å²) in [5.41, 5.74) is 0.832. The third-order valence-corrected chi connectivity index (χ3v) is 11.1. The van der Waals surface area contributed by atoms with Crippen LogP contribution in [0.2, 0.25) is 0 Å². The van der Waals surface area contributed by atoms with E-state index in [4.69, 9.17) is 0 Å². The number of carbonyl (C=O) groups excluding carboxylic acids is 1. The summed E-state index contributed by atoms with van der Waals surface area (Å²) < 4.78 is 0. The van der Waals surface area contributed by atoms with Crippen molar-refractivity contribution in [1.29, 1.82) is 5.26 Å². The fourth-order valence-corrected chi connectivity index (χ4v) is 8.45. The molecule has 48 heavy (non-hydrogen) atoms. The third kappa shape index (κ3) is 7.37. The molecule has 0 N–H and O–H groups in total. The highest BCUT2D eigenvalue weighted by Crippen LogP contribution is 2.64. The summed E-state index contributed by atoms with van der Waals surface area (Å²) in [6, 6.07) is 15.8. The van der Waals surface area contributed by atoms with E-state index in [0.29, 0.717) is 23.7 Å². The molecule has 0 amide bonds. The van der Waals surface area contributed by atoms with Crippen LogP contribution in [-0.2, 0) is 15.6 Å². The van der Waals surface area contributed by atoms with Crippen molar-refractivity contribution in [1.82, 2.24) is 9.80 Å². The number of nitro groups is 2. The molecule has 2 heterocycles. The normalized spacial score (nSPS) is 28.0. The van der Waals surface area contributed by atoms with E-state index in [9.17, 15) is 30.3 Å². The van der Waals surface area contributed by atoms with Gasteiger partial charge in [-0.2, -0.15) is 5.26 Å². The Labute approximate surface area is 285 Å². The first kappa shape index (κ1) is 36.9. The van der Waals surface area contributed by atoms with E-state index in [1.54, 1.807) is 24.3 Å². The SMILES string of the molecule is C=C.CCCCCCN1CC2C(C1)C2(C#N)c1cccc([N+](=O)[O-])c1.CCCCCCN1CC2C(C1)C2(C=O)c1cccc([N+](=O)[O-])c1. The van der Waals surface area contributed by atoms with Crippen LogP contribution in [0.5, 0.6) is 0 Å². The van der Waals surface area contributed by atoms with Gasteiger partial charge in [0.1, 0.15) is 6.29 Å². The number of nitriles is 1. The van der Waals surface area contributed by atoms with Crippen molar-refractivity contribution in [3.05, 3.63) is 93.0 Å². The fourth-order valence-electron chi connectivity index (χ4n) is 8.45. The molecule has 2 aromatic rings. The van der Waals surface area contributed by atoms with Crippen molar-refractivity contribution in [2.24, 2.45) is 23.7 Å². The lowest BCUT2D eigenvalue weighted by Gasteiger charge is -2.23. The first-order chi connectivity index (χ1) is 23.3. The minimum Gasteiger partial charge on any atom is -0.303 e. The van der Waals surface area contributed by atoms with E-state index < -0.39 is 10.8 Å². The molecule has 2 saturated carbocycles. The van der Waals surface area contributed by atoms with Crippen LogP contribution in [0, 0.1) is 55.2 Å². The van der Waals surface area contributed by atoms with Crippen LogP contribution in [0.1, 0.15) is 76.3 Å². The number of non-ortho nitro benzene ring substituents is 2. The number of piperidine rings is 2. The van der Waals surface area contributed by atoms with Gasteiger partial charge in [0, 0.05) is 62.3 Å². The zero-order chi connectivity index (χ0) is 34.9. The number of hydrogen-bond donors (Lipinski definition) is 0. The summed E-state index contributed by atoms with van der Waals surface area (Å²) >= 11 is 0. The molecule has 0 spiro atoms. The number of unbranched alkanes of at least 4 members (excludes halogenated alkanes) is 6. The minimum atomic E-state index is -0.494. The minimum absolute atomic E-state index is 0.0742. The summed E-state index contributed by atoms with van der Waals surface area (Å²) in [7, 11) is 0. The van der Waals surface area contributed by atoms with Crippen molar-refractivity contribution in [2.45, 2.75) is 76.0 Å². The maximum Gasteiger partial charge on any atom is 0.269 e. The Morgan fingerprint density at radius 2 is 1.21 bits per heavy atom. The monoisotopic (exact) mass is 657 g/mol. The number of rotatable bonds is 15. The lowest BCUT2D eigenvalue weighted by atomic mass is 9.91. The number of aldehydes is 1. The fraction of sp³-hybridized carbons (Fsp3) is 0.579. The van der Waals surface area contributed by atoms with Gasteiger partial charge in [-0.05, 0) is 48.9 Å². The molecule has 2 aromatic carbocycles. The van der Waals surface area contributed by atoms with E-state index in [-0.39, 0.29) is 21.2 Å². The van der Waals surface area contributed by atoms with E-state index in [2.05, 4.69) is 42.9 Å². The first-order valence-electron chi connectivity index (χ1n) is 17.6. The van der Waals surface area contributed by atoms with Crippen LogP contribution in [0.4, 0.5) is 11.4 Å². The summed E-state index contributed by atoms with van der Waals surface area (Å²) in [4.78, 5) is 37.9. The van der Waals surface area contributed by atoms with Crippen LogP contribution in [-0.4, -0.2) is 65.2 Å². The van der Waals surface area contributed by atoms with Crippen molar-refractivity contribution in [2.75, 3.05) is 39.3 Å². The third-order valence-electron chi connectivity index (χ3n) is 11.1. The molecule has 0 aromatic heterocycles. The zero-order valence-electron chi connectivity index (χ0n) is 28.6. The maximum atomic E-state index is 11.8. The van der Waals surface area contributed by atoms with Crippen LogP contribution >= 0.6 is 0 Å². The standard InChI is InChI=1S/C18H23N3O2.C18H24N2O3.C2H4/c1-2-3-4-5-9-20-11-16-17(12-20)18(16,13-19)14-7-6-8-15(10-14)21(22)23;1-2-3-4-5-9-19-11-16-17(12-19)18(16,13-21)14-7-6-8-15(10-14)20(22)23;1-2/h6-8,10,16-17H,2-5,9,11-12H2,1H3;6-8,10,13,16-17H,2-5,9,11-12H2,1H3;1-2H2. The lowest BCUT2D eigenvalue weighted by molar-refractivity contribution is -0.385. The highest BCUT2D eigenvalue weighted by atomic mass is 16.6. The summed E-state index contributed by atoms with van der Waals surface area (Å²) in [6.07, 6.45) is 11.1. The largest absolute Gasteiger partial charge is 0.303 e. The second-order valence-corrected chi connectivity index (χ2v) is 13.7. The number of fused-ring (bicyclic) bond motifs is 2. The summed E-state index contributed by atoms with van der Waals surface area (Å²) in [5.74, 6) is 1.32. The molecular formula is C38H51N5O5. The molecule has 4 aliphatic rings. The van der Waals surface area contributed by atoms with Gasteiger partial charge in [-0.25, -0.2) is 0 Å². The molecule has 258 valence electrons. The van der Waals surface area contributed by atoms with Crippen molar-refractivity contribution in [3.8, 4) is 6.07 Å². The zero-order valence-corrected chi connectivity index (χ0v) is 28.6. The smallest absolute Gasteiger partial charge is 0.269 e. The van der Waals surface area contributed by atoms with Gasteiger partial charge in [0.15, 0.2) is 0 Å². The van der Waals surface area contributed by atoms with Crippen LogP contribution in [0.3, 0.4) is 0 Å². The molecule has 6 rings (SSSR count). The number of carbonyl (C=O) groups is 1. The van der Waals surface area contributed by atoms with Crippen molar-refractivity contribution >= 4 is 17.7 Å². The lowest BCUT2D eigenvalue weighted by Crippen LogP contribution is -2.32. The van der Waals surface area contributed by atoms with E-state index in [1.165, 1.54) is 63.5 Å². The van der Waals surface area contributed by atoms with E-state index >= 15 is 0 Å². The quantitative estimate of drug-likeness (QED) is 0.0633. The summed E-state index contributed by atoms with van der Waals surface area (Å²) in [6.45, 7) is 16.4. The molecule has 10 nitrogen and oxygen atoms in total. The number of nitro benzene ring substituents is 2. The number of nitrogens with zero attached hydrogens (tertiary/aromatic N) is 5. The van der Waals surface area contributed by atoms with Crippen LogP contribution < -0.4 is 0 Å². The Morgan fingerprint density at radius 1 is 0.771 bits per heavy atom. The molecule has 0 radical (unpaired) electrons. The first-order valence-corrected chi connectivity index (χ1v) is 17.6. The molecule has 2 aliphatic carbocycles. The number of benzene rings is 2. The van der Waals surface area contributed by atoms with Gasteiger partial charge >= 0.3 is 0 Å². The average Bonchev–Trinajstić information content (AvgIpc) is 3.69. The van der Waals surface area contributed by atoms with Gasteiger partial charge in [0.05, 0.1) is 26.7 Å². The predicted molar refractivity (Wildman–Crippen MR) is 188 cm³/mol. The van der Waals surface area contributed by atoms with Gasteiger partial charge in [-0.3, -0.25) is 20.2 Å². The highest BCUT2D eigenvalue weighted by Gasteiger charge is 2.70. The average molecular weight is 658 g/mol. The topological polar surface area (TPSA) is 134 Å². The van der Waals surface area contributed by atoms with Gasteiger partial charge < -0.3 is 14.6 Å². The Balaban J connectivity index is 0.000000206. The second kappa shape index (κ2) is 16.4. The van der Waals surface area contributed by atoms with Crippen LogP contribution in [0.25, 0.3) is 0 Å². The molecule has 2 aliphatic heterocycles. The Morgan fingerprint density at radius 3 is 1.62 bits per heavy atom. The van der Waals surface area contributed by atoms with E-state index in [1.807, 2.05) is 12.1 Å². The van der Waals surface area contributed by atoms with Crippen molar-refractivity contribution < 1.29 is 14.6 Å². The molecule has 4 atom stereocenters. The maximum absolute atomic E-state index is 11.8. The molecule has 4 unspecified atom stereocenters. The molecule has 0 bridgehead atoms. The van der Waals surface area contributed by atoms with Crippen molar-refractivity contribution in [3.63, 3.8) is 0 Å². The number of likely N-dealkylation sites (tertiary alicyclic amines) is 2. The van der Waals surface area contributed by atoms with Crippen LogP contribution in [0.15, 0.2) is 61.7 Å². The highest BCUT2D eigenvalue weighted by molar-refractivity contribution is 5.77. The second-order valence-electron chi connectivity index (χ2n) is 13.7. The van der Waals surface area contributed by atoms with Gasteiger partial charge in [-0.15, -0.1) is 13.2 Å². The Kier molecular flexibility index (Phi) is 12.6. The summed E-state index contributed by atoms with van der Waals surface area (Å²) in [5, 5.41) is 31.7. The van der Waals surface area contributed by atoms with Gasteiger partial charge in [0.2, 0.25) is 0 Å². The molecule has 10 heteroatoms.